The van der Waals surface area contributed by atoms with Gasteiger partial charge in [0.2, 0.25) is 11.7 Å². The summed E-state index contributed by atoms with van der Waals surface area (Å²) in [5.41, 5.74) is 0.0829. The molecule has 4 N–H and O–H groups in total. The van der Waals surface area contributed by atoms with E-state index in [9.17, 15) is 19.8 Å². The number of carbonyl (C=O) groups is 1. The molecule has 1 amide bonds. The van der Waals surface area contributed by atoms with E-state index in [0.29, 0.717) is 0 Å². The van der Waals surface area contributed by atoms with Crippen molar-refractivity contribution in [2.24, 2.45) is 0 Å². The molecule has 2 aromatic rings. The Bertz CT molecular complexity index is 815. The van der Waals surface area contributed by atoms with Gasteiger partial charge in [-0.3, -0.25) is 9.59 Å². The van der Waals surface area contributed by atoms with Crippen LogP contribution in [0.5, 0.6) is 17.2 Å². The van der Waals surface area contributed by atoms with Crippen LogP contribution in [0.15, 0.2) is 23.3 Å². The van der Waals surface area contributed by atoms with E-state index in [1.165, 1.54) is 25.6 Å². The Hall–Kier alpha value is -3.03. The van der Waals surface area contributed by atoms with Gasteiger partial charge in [0.1, 0.15) is 5.82 Å². The van der Waals surface area contributed by atoms with Crippen molar-refractivity contribution in [1.29, 1.82) is 0 Å². The van der Waals surface area contributed by atoms with Gasteiger partial charge in [0, 0.05) is 17.9 Å². The van der Waals surface area contributed by atoms with Crippen molar-refractivity contribution in [1.82, 2.24) is 9.97 Å². The maximum atomic E-state index is 12.1. The molecule has 114 valence electrons. The van der Waals surface area contributed by atoms with Crippen LogP contribution in [0.25, 0.3) is 0 Å². The van der Waals surface area contributed by atoms with E-state index in [0.717, 1.165) is 0 Å². The Morgan fingerprint density at radius 1 is 1.27 bits per heavy atom. The molecule has 22 heavy (non-hydrogen) atoms. The summed E-state index contributed by atoms with van der Waals surface area (Å²) in [5.74, 6) is -1.65. The molecular weight excluding hydrogens is 290 g/mol. The van der Waals surface area contributed by atoms with Gasteiger partial charge in [-0.25, -0.2) is 4.98 Å². The SMILES string of the molecule is COc1ccc(C2CC(=O)Nc3nc[nH]c(=O)c32)c(O)c1O. The number of H-pyrrole nitrogens is 1. The van der Waals surface area contributed by atoms with E-state index < -0.39 is 23.0 Å². The summed E-state index contributed by atoms with van der Waals surface area (Å²) in [6.45, 7) is 0. The first-order valence-electron chi connectivity index (χ1n) is 6.49. The minimum absolute atomic E-state index is 0.0406. The lowest BCUT2D eigenvalue weighted by atomic mass is 9.86. The Morgan fingerprint density at radius 2 is 2.05 bits per heavy atom. The second kappa shape index (κ2) is 5.06. The molecule has 0 spiro atoms. The predicted octanol–water partition coefficient (Wildman–Crippen LogP) is 0.664. The molecule has 0 radical (unpaired) electrons. The second-order valence-corrected chi connectivity index (χ2v) is 4.85. The van der Waals surface area contributed by atoms with Crippen molar-refractivity contribution in [2.75, 3.05) is 12.4 Å². The molecule has 0 saturated carbocycles. The molecule has 1 aliphatic heterocycles. The molecule has 1 atom stereocenters. The van der Waals surface area contributed by atoms with Gasteiger partial charge in [0.25, 0.3) is 5.56 Å². The highest BCUT2D eigenvalue weighted by atomic mass is 16.5. The Morgan fingerprint density at radius 3 is 2.77 bits per heavy atom. The summed E-state index contributed by atoms with van der Waals surface area (Å²) < 4.78 is 4.91. The zero-order valence-electron chi connectivity index (χ0n) is 11.6. The monoisotopic (exact) mass is 303 g/mol. The minimum atomic E-state index is -0.710. The fourth-order valence-corrected chi connectivity index (χ4v) is 2.59. The smallest absolute Gasteiger partial charge is 0.256 e. The highest BCUT2D eigenvalue weighted by molar-refractivity contribution is 5.94. The van der Waals surface area contributed by atoms with E-state index in [1.54, 1.807) is 0 Å². The van der Waals surface area contributed by atoms with Gasteiger partial charge in [0.15, 0.2) is 11.5 Å². The van der Waals surface area contributed by atoms with Crippen molar-refractivity contribution in [3.63, 3.8) is 0 Å². The molecule has 1 aromatic heterocycles. The number of phenolic OH excluding ortho intramolecular Hbond substituents is 2. The van der Waals surface area contributed by atoms with E-state index in [4.69, 9.17) is 4.74 Å². The number of aromatic amines is 1. The Labute approximate surface area is 124 Å². The minimum Gasteiger partial charge on any atom is -0.504 e. The number of ether oxygens (including phenoxy) is 1. The normalized spacial score (nSPS) is 16.8. The van der Waals surface area contributed by atoms with Crippen LogP contribution < -0.4 is 15.6 Å². The standard InChI is InChI=1S/C14H13N3O5/c1-22-8-3-2-6(11(19)12(8)20)7-4-9(18)17-13-10(7)14(21)16-5-15-13/h2-3,5,7,19-20H,4H2,1H3,(H2,15,16,17,18,21). The van der Waals surface area contributed by atoms with Crippen LogP contribution in [0.3, 0.4) is 0 Å². The maximum Gasteiger partial charge on any atom is 0.256 e. The lowest BCUT2D eigenvalue weighted by molar-refractivity contribution is -0.116. The zero-order valence-corrected chi connectivity index (χ0v) is 11.6. The van der Waals surface area contributed by atoms with Crippen LogP contribution in [0.4, 0.5) is 5.82 Å². The third-order valence-corrected chi connectivity index (χ3v) is 3.63. The number of rotatable bonds is 2. The summed E-state index contributed by atoms with van der Waals surface area (Å²) in [7, 11) is 1.35. The van der Waals surface area contributed by atoms with Gasteiger partial charge in [-0.05, 0) is 6.07 Å². The first-order valence-corrected chi connectivity index (χ1v) is 6.49. The van der Waals surface area contributed by atoms with Crippen molar-refractivity contribution in [2.45, 2.75) is 12.3 Å². The van der Waals surface area contributed by atoms with E-state index in [2.05, 4.69) is 15.3 Å². The van der Waals surface area contributed by atoms with Crippen LogP contribution in [-0.2, 0) is 4.79 Å². The van der Waals surface area contributed by atoms with Gasteiger partial charge in [0.05, 0.1) is 19.0 Å². The van der Waals surface area contributed by atoms with Crippen molar-refractivity contribution >= 4 is 11.7 Å². The fraction of sp³-hybridized carbons (Fsp3) is 0.214. The van der Waals surface area contributed by atoms with E-state index >= 15 is 0 Å². The molecular formula is C14H13N3O5. The van der Waals surface area contributed by atoms with Gasteiger partial charge in [-0.15, -0.1) is 0 Å². The number of anilines is 1. The lowest BCUT2D eigenvalue weighted by Gasteiger charge is -2.24. The molecule has 0 aliphatic carbocycles. The van der Waals surface area contributed by atoms with Gasteiger partial charge < -0.3 is 25.3 Å². The maximum absolute atomic E-state index is 12.1. The van der Waals surface area contributed by atoms with Gasteiger partial charge >= 0.3 is 0 Å². The molecule has 8 nitrogen and oxygen atoms in total. The number of carbonyl (C=O) groups excluding carboxylic acids is 1. The number of phenols is 2. The summed E-state index contributed by atoms with van der Waals surface area (Å²) in [5, 5.41) is 22.6. The fourth-order valence-electron chi connectivity index (χ4n) is 2.59. The average molecular weight is 303 g/mol. The predicted molar refractivity (Wildman–Crippen MR) is 76.3 cm³/mol. The molecule has 0 fully saturated rings. The number of aromatic nitrogens is 2. The lowest BCUT2D eigenvalue weighted by Crippen LogP contribution is -2.30. The van der Waals surface area contributed by atoms with E-state index in [1.807, 2.05) is 0 Å². The largest absolute Gasteiger partial charge is 0.504 e. The highest BCUT2D eigenvalue weighted by Crippen LogP contribution is 2.44. The van der Waals surface area contributed by atoms with Crippen LogP contribution >= 0.6 is 0 Å². The van der Waals surface area contributed by atoms with Crippen LogP contribution in [0, 0.1) is 0 Å². The first-order chi connectivity index (χ1) is 10.5. The van der Waals surface area contributed by atoms with Gasteiger partial charge in [-0.1, -0.05) is 6.07 Å². The number of benzene rings is 1. The second-order valence-electron chi connectivity index (χ2n) is 4.85. The number of nitrogens with zero attached hydrogens (tertiary/aromatic N) is 1. The van der Waals surface area contributed by atoms with Crippen LogP contribution in [0.1, 0.15) is 23.5 Å². The summed E-state index contributed by atoms with van der Waals surface area (Å²) in [6.07, 6.45) is 1.15. The Kier molecular flexibility index (Phi) is 3.21. The molecule has 2 heterocycles. The quantitative estimate of drug-likeness (QED) is 0.604. The topological polar surface area (TPSA) is 125 Å². The number of hydrogen-bond acceptors (Lipinski definition) is 6. The zero-order chi connectivity index (χ0) is 15.9. The number of hydrogen-bond donors (Lipinski definition) is 4. The molecule has 8 heteroatoms. The van der Waals surface area contributed by atoms with Crippen LogP contribution in [0.2, 0.25) is 0 Å². The third kappa shape index (κ3) is 2.05. The molecule has 0 bridgehead atoms. The highest BCUT2D eigenvalue weighted by Gasteiger charge is 2.32. The Balaban J connectivity index is 2.20. The van der Waals surface area contributed by atoms with Gasteiger partial charge in [-0.2, -0.15) is 0 Å². The third-order valence-electron chi connectivity index (χ3n) is 3.63. The van der Waals surface area contributed by atoms with Crippen LogP contribution in [-0.4, -0.2) is 33.2 Å². The number of methoxy groups -OCH3 is 1. The van der Waals surface area contributed by atoms with Crippen molar-refractivity contribution in [3.8, 4) is 17.2 Å². The molecule has 1 aliphatic rings. The molecule has 3 rings (SSSR count). The average Bonchev–Trinajstić information content (AvgIpc) is 2.49. The van der Waals surface area contributed by atoms with Crippen molar-refractivity contribution < 1.29 is 19.7 Å². The number of amides is 1. The number of fused-ring (bicyclic) bond motifs is 1. The van der Waals surface area contributed by atoms with Crippen molar-refractivity contribution in [3.05, 3.63) is 39.9 Å². The summed E-state index contributed by atoms with van der Waals surface area (Å²) in [4.78, 5) is 30.2. The molecule has 1 unspecified atom stereocenters. The summed E-state index contributed by atoms with van der Waals surface area (Å²) >= 11 is 0. The number of aromatic hydroxyl groups is 2. The first kappa shape index (κ1) is 13.9. The summed E-state index contributed by atoms with van der Waals surface area (Å²) in [6, 6.07) is 2.97. The van der Waals surface area contributed by atoms with E-state index in [-0.39, 0.29) is 35.0 Å². The molecule has 0 saturated heterocycles. The molecule has 1 aromatic carbocycles. The number of nitrogens with one attached hydrogen (secondary N) is 2.